The Morgan fingerprint density at radius 1 is 0.963 bits per heavy atom. The monoisotopic (exact) mass is 362 g/mol. The molecule has 0 spiro atoms. The molecule has 0 aliphatic rings. The number of aromatic nitrogens is 2. The highest BCUT2D eigenvalue weighted by atomic mass is 16.5. The number of methoxy groups -OCH3 is 1. The molecule has 0 unspecified atom stereocenters. The summed E-state index contributed by atoms with van der Waals surface area (Å²) in [5.41, 5.74) is 2.78. The van der Waals surface area contributed by atoms with Crippen LogP contribution in [0.5, 0.6) is 0 Å². The number of hydrogen-bond donors (Lipinski definition) is 2. The second-order valence-electron chi connectivity index (χ2n) is 5.66. The molecule has 0 aliphatic heterocycles. The van der Waals surface area contributed by atoms with Crippen molar-refractivity contribution in [3.05, 3.63) is 78.1 Å². The van der Waals surface area contributed by atoms with E-state index in [9.17, 15) is 9.59 Å². The topological polar surface area (TPSA) is 93.2 Å². The van der Waals surface area contributed by atoms with Crippen molar-refractivity contribution in [2.24, 2.45) is 0 Å². The van der Waals surface area contributed by atoms with Gasteiger partial charge in [0, 0.05) is 30.2 Å². The molecule has 0 bridgehead atoms. The van der Waals surface area contributed by atoms with Crippen LogP contribution in [0.15, 0.2) is 67.0 Å². The van der Waals surface area contributed by atoms with E-state index in [2.05, 4.69) is 25.3 Å². The second-order valence-corrected chi connectivity index (χ2v) is 5.66. The zero-order valence-corrected chi connectivity index (χ0v) is 14.7. The molecule has 0 fully saturated rings. The highest BCUT2D eigenvalue weighted by molar-refractivity contribution is 5.93. The Bertz CT molecular complexity index is 910. The molecule has 1 aromatic heterocycles. The van der Waals surface area contributed by atoms with E-state index in [0.29, 0.717) is 23.6 Å². The summed E-state index contributed by atoms with van der Waals surface area (Å²) in [6, 6.07) is 16.6. The number of carbonyl (C=O) groups excluding carboxylic acids is 2. The van der Waals surface area contributed by atoms with Gasteiger partial charge in [-0.05, 0) is 17.7 Å². The number of rotatable bonds is 5. The average molecular weight is 362 g/mol. The molecule has 7 heteroatoms. The number of hydrogen-bond acceptors (Lipinski definition) is 5. The van der Waals surface area contributed by atoms with Gasteiger partial charge in [-0.15, -0.1) is 0 Å². The lowest BCUT2D eigenvalue weighted by molar-refractivity contribution is 0.0950. The lowest BCUT2D eigenvalue weighted by Crippen LogP contribution is -2.23. The normalized spacial score (nSPS) is 10.1. The van der Waals surface area contributed by atoms with Crippen LogP contribution in [0.3, 0.4) is 0 Å². The van der Waals surface area contributed by atoms with Gasteiger partial charge in [0.2, 0.25) is 0 Å². The highest BCUT2D eigenvalue weighted by Crippen LogP contribution is 2.13. The third-order valence-corrected chi connectivity index (χ3v) is 3.78. The van der Waals surface area contributed by atoms with Gasteiger partial charge < -0.3 is 10.1 Å². The van der Waals surface area contributed by atoms with Crippen LogP contribution in [0.2, 0.25) is 0 Å². The van der Waals surface area contributed by atoms with E-state index >= 15 is 0 Å². The Kier molecular flexibility index (Phi) is 5.73. The SMILES string of the molecule is COC(=O)Nc1ccc(CNC(=O)c2cnc(-c3ccccc3)nc2)cc1. The van der Waals surface area contributed by atoms with Gasteiger partial charge in [-0.3, -0.25) is 10.1 Å². The molecule has 2 amide bonds. The minimum atomic E-state index is -0.532. The first-order valence-corrected chi connectivity index (χ1v) is 8.25. The van der Waals surface area contributed by atoms with Gasteiger partial charge in [0.25, 0.3) is 5.91 Å². The number of nitrogens with one attached hydrogen (secondary N) is 2. The van der Waals surface area contributed by atoms with Gasteiger partial charge in [-0.2, -0.15) is 0 Å². The highest BCUT2D eigenvalue weighted by Gasteiger charge is 2.08. The Labute approximate surface area is 156 Å². The molecular weight excluding hydrogens is 344 g/mol. The largest absolute Gasteiger partial charge is 0.453 e. The number of amides is 2. The second kappa shape index (κ2) is 8.57. The Balaban J connectivity index is 1.57. The van der Waals surface area contributed by atoms with Crippen molar-refractivity contribution in [3.8, 4) is 11.4 Å². The van der Waals surface area contributed by atoms with Gasteiger partial charge in [-0.25, -0.2) is 14.8 Å². The molecule has 0 atom stereocenters. The van der Waals surface area contributed by atoms with E-state index in [-0.39, 0.29) is 5.91 Å². The van der Waals surface area contributed by atoms with E-state index in [4.69, 9.17) is 0 Å². The summed E-state index contributed by atoms with van der Waals surface area (Å²) in [6.07, 6.45) is 2.48. The van der Waals surface area contributed by atoms with Crippen molar-refractivity contribution in [1.82, 2.24) is 15.3 Å². The lowest BCUT2D eigenvalue weighted by atomic mass is 10.2. The first kappa shape index (κ1) is 18.1. The Morgan fingerprint density at radius 3 is 2.26 bits per heavy atom. The molecule has 2 N–H and O–H groups in total. The summed E-state index contributed by atoms with van der Waals surface area (Å²) < 4.78 is 4.53. The van der Waals surface area contributed by atoms with Gasteiger partial charge in [-0.1, -0.05) is 42.5 Å². The maximum atomic E-state index is 12.3. The predicted molar refractivity (Wildman–Crippen MR) is 101 cm³/mol. The molecule has 0 saturated carbocycles. The van der Waals surface area contributed by atoms with Gasteiger partial charge in [0.15, 0.2) is 5.82 Å². The van der Waals surface area contributed by atoms with Crippen molar-refractivity contribution >= 4 is 17.7 Å². The lowest BCUT2D eigenvalue weighted by Gasteiger charge is -2.07. The number of nitrogens with zero attached hydrogens (tertiary/aromatic N) is 2. The molecule has 27 heavy (non-hydrogen) atoms. The third-order valence-electron chi connectivity index (χ3n) is 3.78. The van der Waals surface area contributed by atoms with Crippen molar-refractivity contribution < 1.29 is 14.3 Å². The van der Waals surface area contributed by atoms with Crippen LogP contribution in [0.1, 0.15) is 15.9 Å². The van der Waals surface area contributed by atoms with E-state index in [1.54, 1.807) is 24.3 Å². The van der Waals surface area contributed by atoms with Crippen LogP contribution in [0.4, 0.5) is 10.5 Å². The smallest absolute Gasteiger partial charge is 0.411 e. The fourth-order valence-electron chi connectivity index (χ4n) is 2.34. The van der Waals surface area contributed by atoms with Gasteiger partial charge in [0.05, 0.1) is 12.7 Å². The van der Waals surface area contributed by atoms with E-state index in [1.807, 2.05) is 30.3 Å². The standard InChI is InChI=1S/C20H18N4O3/c1-27-20(26)24-17-9-7-14(8-10-17)11-23-19(25)16-12-21-18(22-13-16)15-5-3-2-4-6-15/h2-10,12-13H,11H2,1H3,(H,23,25)(H,24,26). The molecule has 0 saturated heterocycles. The quantitative estimate of drug-likeness (QED) is 0.727. The molecule has 3 rings (SSSR count). The molecule has 3 aromatic rings. The average Bonchev–Trinajstić information content (AvgIpc) is 2.73. The van der Waals surface area contributed by atoms with Gasteiger partial charge >= 0.3 is 6.09 Å². The summed E-state index contributed by atoms with van der Waals surface area (Å²) in [5.74, 6) is 0.312. The number of benzene rings is 2. The van der Waals surface area contributed by atoms with Crippen LogP contribution in [0, 0.1) is 0 Å². The minimum Gasteiger partial charge on any atom is -0.453 e. The van der Waals surface area contributed by atoms with Crippen molar-refractivity contribution in [2.45, 2.75) is 6.54 Å². The van der Waals surface area contributed by atoms with E-state index in [0.717, 1.165) is 11.1 Å². The van der Waals surface area contributed by atoms with Crippen molar-refractivity contribution in [3.63, 3.8) is 0 Å². The van der Waals surface area contributed by atoms with E-state index < -0.39 is 6.09 Å². The van der Waals surface area contributed by atoms with E-state index in [1.165, 1.54) is 19.5 Å². The van der Waals surface area contributed by atoms with Crippen molar-refractivity contribution in [1.29, 1.82) is 0 Å². The first-order chi connectivity index (χ1) is 13.2. The molecule has 7 nitrogen and oxygen atoms in total. The summed E-state index contributed by atoms with van der Waals surface area (Å²) in [4.78, 5) is 31.9. The van der Waals surface area contributed by atoms with Crippen LogP contribution >= 0.6 is 0 Å². The zero-order chi connectivity index (χ0) is 19.1. The number of anilines is 1. The minimum absolute atomic E-state index is 0.258. The molecule has 2 aromatic carbocycles. The molecule has 0 radical (unpaired) electrons. The van der Waals surface area contributed by atoms with Crippen LogP contribution in [-0.2, 0) is 11.3 Å². The van der Waals surface area contributed by atoms with Crippen LogP contribution < -0.4 is 10.6 Å². The summed E-state index contributed by atoms with van der Waals surface area (Å²) >= 11 is 0. The molecule has 136 valence electrons. The maximum Gasteiger partial charge on any atom is 0.411 e. The summed E-state index contributed by atoms with van der Waals surface area (Å²) in [7, 11) is 1.30. The molecule has 0 aliphatic carbocycles. The number of ether oxygens (including phenoxy) is 1. The predicted octanol–water partition coefficient (Wildman–Crippen LogP) is 3.25. The third kappa shape index (κ3) is 4.88. The van der Waals surface area contributed by atoms with Gasteiger partial charge in [0.1, 0.15) is 0 Å². The fourth-order valence-corrected chi connectivity index (χ4v) is 2.34. The molecule has 1 heterocycles. The van der Waals surface area contributed by atoms with Crippen LogP contribution in [0.25, 0.3) is 11.4 Å². The summed E-state index contributed by atoms with van der Waals surface area (Å²) in [5, 5.41) is 5.38. The molecular formula is C20H18N4O3. The number of carbonyl (C=O) groups is 2. The first-order valence-electron chi connectivity index (χ1n) is 8.25. The van der Waals surface area contributed by atoms with Crippen molar-refractivity contribution in [2.75, 3.05) is 12.4 Å². The fraction of sp³-hybridized carbons (Fsp3) is 0.100. The maximum absolute atomic E-state index is 12.3. The summed E-state index contributed by atoms with van der Waals surface area (Å²) in [6.45, 7) is 0.345. The van der Waals surface area contributed by atoms with Crippen LogP contribution in [-0.4, -0.2) is 29.1 Å². The Morgan fingerprint density at radius 2 is 1.63 bits per heavy atom. The Hall–Kier alpha value is -3.74. The zero-order valence-electron chi connectivity index (χ0n) is 14.7.